The number of rotatable bonds is 2. The Morgan fingerprint density at radius 1 is 1.28 bits per heavy atom. The molecule has 1 aliphatic rings. The highest BCUT2D eigenvalue weighted by atomic mass is 16.3. The van der Waals surface area contributed by atoms with Crippen LogP contribution in [0.4, 0.5) is 0 Å². The van der Waals surface area contributed by atoms with Crippen LogP contribution in [-0.4, -0.2) is 17.4 Å². The molecular formula is C16H23NO. The molecule has 1 aliphatic carbocycles. The standard InChI is InChI=1S/C16H23NO/c1-11-8-12(10-17-13-6-5-7-13)15(18)14(9-11)16(2,3)4/h8-10,13,18H,5-7H2,1-4H3. The van der Waals surface area contributed by atoms with Gasteiger partial charge in [-0.3, -0.25) is 4.99 Å². The summed E-state index contributed by atoms with van der Waals surface area (Å²) in [6.07, 6.45) is 5.51. The molecule has 1 fully saturated rings. The fourth-order valence-corrected chi connectivity index (χ4v) is 2.20. The first-order valence-corrected chi connectivity index (χ1v) is 6.75. The summed E-state index contributed by atoms with van der Waals surface area (Å²) in [6.45, 7) is 8.42. The van der Waals surface area contributed by atoms with E-state index in [0.717, 1.165) is 11.1 Å². The van der Waals surface area contributed by atoms with Gasteiger partial charge in [-0.25, -0.2) is 0 Å². The zero-order valence-electron chi connectivity index (χ0n) is 11.8. The lowest BCUT2D eigenvalue weighted by Gasteiger charge is -2.23. The molecule has 0 spiro atoms. The molecule has 0 aliphatic heterocycles. The van der Waals surface area contributed by atoms with E-state index in [2.05, 4.69) is 38.8 Å². The molecule has 1 N–H and O–H groups in total. The zero-order valence-corrected chi connectivity index (χ0v) is 11.8. The van der Waals surface area contributed by atoms with Crippen molar-refractivity contribution < 1.29 is 5.11 Å². The van der Waals surface area contributed by atoms with Gasteiger partial charge in [-0.2, -0.15) is 0 Å². The first-order chi connectivity index (χ1) is 8.38. The second kappa shape index (κ2) is 4.75. The molecule has 0 unspecified atom stereocenters. The zero-order chi connectivity index (χ0) is 13.3. The molecule has 1 aromatic rings. The van der Waals surface area contributed by atoms with Crippen LogP contribution in [0.2, 0.25) is 0 Å². The maximum Gasteiger partial charge on any atom is 0.128 e. The van der Waals surface area contributed by atoms with Gasteiger partial charge in [0.1, 0.15) is 5.75 Å². The van der Waals surface area contributed by atoms with E-state index in [9.17, 15) is 5.11 Å². The summed E-state index contributed by atoms with van der Waals surface area (Å²) < 4.78 is 0. The second-order valence-corrected chi connectivity index (χ2v) is 6.36. The van der Waals surface area contributed by atoms with Crippen molar-refractivity contribution >= 4 is 6.21 Å². The molecule has 0 amide bonds. The van der Waals surface area contributed by atoms with Crippen LogP contribution < -0.4 is 0 Å². The van der Waals surface area contributed by atoms with Crippen molar-refractivity contribution in [2.45, 2.75) is 58.4 Å². The highest BCUT2D eigenvalue weighted by Gasteiger charge is 2.20. The van der Waals surface area contributed by atoms with E-state index in [1.54, 1.807) is 0 Å². The lowest BCUT2D eigenvalue weighted by Crippen LogP contribution is -2.15. The minimum absolute atomic E-state index is 0.0465. The van der Waals surface area contributed by atoms with Crippen LogP contribution in [0.25, 0.3) is 0 Å². The Morgan fingerprint density at radius 2 is 1.94 bits per heavy atom. The Morgan fingerprint density at radius 3 is 2.44 bits per heavy atom. The molecule has 2 rings (SSSR count). The van der Waals surface area contributed by atoms with Gasteiger partial charge in [0, 0.05) is 23.4 Å². The van der Waals surface area contributed by atoms with Gasteiger partial charge >= 0.3 is 0 Å². The summed E-state index contributed by atoms with van der Waals surface area (Å²) in [4.78, 5) is 4.54. The molecule has 0 atom stereocenters. The monoisotopic (exact) mass is 245 g/mol. The maximum absolute atomic E-state index is 10.4. The first-order valence-electron chi connectivity index (χ1n) is 6.75. The van der Waals surface area contributed by atoms with E-state index in [-0.39, 0.29) is 5.41 Å². The molecule has 98 valence electrons. The van der Waals surface area contributed by atoms with Gasteiger partial charge < -0.3 is 5.11 Å². The Kier molecular flexibility index (Phi) is 3.47. The van der Waals surface area contributed by atoms with Gasteiger partial charge in [0.05, 0.1) is 0 Å². The van der Waals surface area contributed by atoms with Crippen molar-refractivity contribution in [1.29, 1.82) is 0 Å². The van der Waals surface area contributed by atoms with Crippen LogP contribution in [0.3, 0.4) is 0 Å². The van der Waals surface area contributed by atoms with E-state index in [1.165, 1.54) is 24.8 Å². The van der Waals surface area contributed by atoms with Gasteiger partial charge in [-0.15, -0.1) is 0 Å². The fraction of sp³-hybridized carbons (Fsp3) is 0.562. The molecular weight excluding hydrogens is 222 g/mol. The maximum atomic E-state index is 10.4. The molecule has 0 heterocycles. The van der Waals surface area contributed by atoms with E-state index in [1.807, 2.05) is 12.3 Å². The Hall–Kier alpha value is -1.31. The van der Waals surface area contributed by atoms with Crippen molar-refractivity contribution in [2.24, 2.45) is 4.99 Å². The average Bonchev–Trinajstić information content (AvgIpc) is 2.18. The van der Waals surface area contributed by atoms with Crippen molar-refractivity contribution in [1.82, 2.24) is 0 Å². The van der Waals surface area contributed by atoms with E-state index >= 15 is 0 Å². The third-order valence-corrected chi connectivity index (χ3v) is 3.59. The second-order valence-electron chi connectivity index (χ2n) is 6.36. The average molecular weight is 245 g/mol. The number of aliphatic imine (C=N–C) groups is 1. The number of phenolic OH excluding ortho intramolecular Hbond substituents is 1. The first kappa shape index (κ1) is 13.1. The minimum Gasteiger partial charge on any atom is -0.507 e. The smallest absolute Gasteiger partial charge is 0.128 e. The number of hydrogen-bond acceptors (Lipinski definition) is 2. The Labute approximate surface area is 110 Å². The number of aryl methyl sites for hydroxylation is 1. The van der Waals surface area contributed by atoms with Gasteiger partial charge in [-0.1, -0.05) is 26.8 Å². The molecule has 18 heavy (non-hydrogen) atoms. The van der Waals surface area contributed by atoms with Crippen LogP contribution in [0.15, 0.2) is 17.1 Å². The SMILES string of the molecule is Cc1cc(C=NC2CCC2)c(O)c(C(C)(C)C)c1. The van der Waals surface area contributed by atoms with Crippen LogP contribution in [0.1, 0.15) is 56.7 Å². The molecule has 0 aromatic heterocycles. The van der Waals surface area contributed by atoms with Gasteiger partial charge in [0.2, 0.25) is 0 Å². The van der Waals surface area contributed by atoms with Crippen molar-refractivity contribution in [3.05, 3.63) is 28.8 Å². The highest BCUT2D eigenvalue weighted by molar-refractivity contribution is 5.85. The van der Waals surface area contributed by atoms with E-state index < -0.39 is 0 Å². The summed E-state index contributed by atoms with van der Waals surface area (Å²) in [5, 5.41) is 10.4. The summed E-state index contributed by atoms with van der Waals surface area (Å²) in [5.74, 6) is 0.385. The molecule has 0 bridgehead atoms. The number of phenols is 1. The third-order valence-electron chi connectivity index (χ3n) is 3.59. The Bertz CT molecular complexity index is 465. The third kappa shape index (κ3) is 2.74. The summed E-state index contributed by atoms with van der Waals surface area (Å²) in [6, 6.07) is 4.55. The number of aromatic hydroxyl groups is 1. The van der Waals surface area contributed by atoms with Gasteiger partial charge in [0.15, 0.2) is 0 Å². The normalized spacial score (nSPS) is 17.1. The quantitative estimate of drug-likeness (QED) is 0.786. The van der Waals surface area contributed by atoms with Crippen molar-refractivity contribution in [3.8, 4) is 5.75 Å². The molecule has 1 aromatic carbocycles. The van der Waals surface area contributed by atoms with Crippen LogP contribution >= 0.6 is 0 Å². The van der Waals surface area contributed by atoms with Gasteiger partial charge in [-0.05, 0) is 43.2 Å². The molecule has 1 saturated carbocycles. The molecule has 2 nitrogen and oxygen atoms in total. The van der Waals surface area contributed by atoms with E-state index in [4.69, 9.17) is 0 Å². The van der Waals surface area contributed by atoms with E-state index in [0.29, 0.717) is 11.8 Å². The lowest BCUT2D eigenvalue weighted by atomic mass is 9.84. The van der Waals surface area contributed by atoms with Crippen molar-refractivity contribution in [2.75, 3.05) is 0 Å². The minimum atomic E-state index is -0.0465. The summed E-state index contributed by atoms with van der Waals surface area (Å²) >= 11 is 0. The predicted octanol–water partition coefficient (Wildman–Crippen LogP) is 3.97. The topological polar surface area (TPSA) is 32.6 Å². The summed E-state index contributed by atoms with van der Waals surface area (Å²) in [7, 11) is 0. The predicted molar refractivity (Wildman–Crippen MR) is 76.8 cm³/mol. The lowest BCUT2D eigenvalue weighted by molar-refractivity contribution is 0.421. The fourth-order valence-electron chi connectivity index (χ4n) is 2.20. The van der Waals surface area contributed by atoms with Crippen LogP contribution in [0, 0.1) is 6.92 Å². The number of benzene rings is 1. The molecule has 0 saturated heterocycles. The molecule has 0 radical (unpaired) electrons. The Balaban J connectivity index is 2.35. The van der Waals surface area contributed by atoms with Crippen LogP contribution in [-0.2, 0) is 5.41 Å². The summed E-state index contributed by atoms with van der Waals surface area (Å²) in [5.41, 5.74) is 2.98. The van der Waals surface area contributed by atoms with Crippen LogP contribution in [0.5, 0.6) is 5.75 Å². The molecule has 2 heteroatoms. The van der Waals surface area contributed by atoms with Gasteiger partial charge in [0.25, 0.3) is 0 Å². The number of hydrogen-bond donors (Lipinski definition) is 1. The number of nitrogens with zero attached hydrogens (tertiary/aromatic N) is 1. The largest absolute Gasteiger partial charge is 0.507 e. The highest BCUT2D eigenvalue weighted by Crippen LogP contribution is 2.34. The van der Waals surface area contributed by atoms with Crippen molar-refractivity contribution in [3.63, 3.8) is 0 Å².